The number of aromatic hydroxyl groups is 2. The molecule has 2 N–H and O–H groups in total. The number of benzene rings is 1. The van der Waals surface area contributed by atoms with Crippen LogP contribution in [0.5, 0.6) is 11.5 Å². The number of hydrogen-bond acceptors (Lipinski definition) is 9. The van der Waals surface area contributed by atoms with Crippen LogP contribution < -0.4 is 0 Å². The lowest BCUT2D eigenvalue weighted by atomic mass is 9.79. The monoisotopic (exact) mass is 602 g/mol. The number of carbonyl (C=O) groups excluding carboxylic acids is 2. The summed E-state index contributed by atoms with van der Waals surface area (Å²) in [4.78, 5) is 26.2. The molecule has 2 saturated heterocycles. The molecule has 2 heterocycles. The van der Waals surface area contributed by atoms with Crippen LogP contribution in [-0.2, 0) is 33.3 Å². The first-order chi connectivity index (χ1) is 20.8. The number of carbonyl (C=O) groups is 2. The zero-order chi connectivity index (χ0) is 30.7. The molecule has 1 aromatic carbocycles. The van der Waals surface area contributed by atoms with Gasteiger partial charge in [0.25, 0.3) is 0 Å². The van der Waals surface area contributed by atoms with E-state index in [1.54, 1.807) is 6.07 Å². The molecular weight excluding hydrogens is 552 g/mol. The van der Waals surface area contributed by atoms with Gasteiger partial charge in [0.15, 0.2) is 23.4 Å². The summed E-state index contributed by atoms with van der Waals surface area (Å²) in [5.41, 5.74) is -0.728. The average molecular weight is 603 g/mol. The SMILES string of the molecule is CCCCCCCC[C@@H]1O[C@H]2[C@H](OC(=O)/C=C/c3ccc(O)c(O)c3)CC3(C[C@H]2O1)O[C@@H](CCCCCCCC)OC3=O. The molecule has 3 aliphatic rings. The molecule has 2 aliphatic heterocycles. The number of esters is 2. The molecule has 9 heteroatoms. The van der Waals surface area contributed by atoms with E-state index in [1.165, 1.54) is 69.2 Å². The van der Waals surface area contributed by atoms with Gasteiger partial charge in [-0.25, -0.2) is 9.59 Å². The molecule has 3 fully saturated rings. The molecule has 43 heavy (non-hydrogen) atoms. The van der Waals surface area contributed by atoms with Crippen molar-refractivity contribution in [3.05, 3.63) is 29.8 Å². The Morgan fingerprint density at radius 3 is 2.21 bits per heavy atom. The third kappa shape index (κ3) is 9.43. The van der Waals surface area contributed by atoms with Crippen LogP contribution in [0.25, 0.3) is 6.08 Å². The number of phenols is 2. The molecule has 6 atom stereocenters. The average Bonchev–Trinajstić information content (AvgIpc) is 3.53. The third-order valence-corrected chi connectivity index (χ3v) is 8.66. The summed E-state index contributed by atoms with van der Waals surface area (Å²) in [6.45, 7) is 4.39. The number of rotatable bonds is 17. The molecule has 0 amide bonds. The van der Waals surface area contributed by atoms with Crippen molar-refractivity contribution in [1.82, 2.24) is 0 Å². The molecule has 0 radical (unpaired) electrons. The zero-order valence-corrected chi connectivity index (χ0v) is 25.8. The minimum atomic E-state index is -1.25. The van der Waals surface area contributed by atoms with Crippen molar-refractivity contribution in [1.29, 1.82) is 0 Å². The van der Waals surface area contributed by atoms with E-state index in [2.05, 4.69) is 13.8 Å². The Bertz CT molecular complexity index is 1070. The summed E-state index contributed by atoms with van der Waals surface area (Å²) in [7, 11) is 0. The van der Waals surface area contributed by atoms with Gasteiger partial charge in [-0.3, -0.25) is 0 Å². The summed E-state index contributed by atoms with van der Waals surface area (Å²) < 4.78 is 30.5. The molecule has 0 aromatic heterocycles. The van der Waals surface area contributed by atoms with Gasteiger partial charge in [-0.15, -0.1) is 0 Å². The lowest BCUT2D eigenvalue weighted by Crippen LogP contribution is -2.55. The van der Waals surface area contributed by atoms with E-state index in [0.29, 0.717) is 18.4 Å². The number of cyclic esters (lactones) is 1. The highest BCUT2D eigenvalue weighted by Gasteiger charge is 2.61. The summed E-state index contributed by atoms with van der Waals surface area (Å²) >= 11 is 0. The first-order valence-corrected chi connectivity index (χ1v) is 16.4. The number of hydrogen-bond donors (Lipinski definition) is 2. The molecule has 0 bridgehead atoms. The minimum Gasteiger partial charge on any atom is -0.504 e. The van der Waals surface area contributed by atoms with Crippen molar-refractivity contribution in [2.75, 3.05) is 0 Å². The van der Waals surface area contributed by atoms with Crippen molar-refractivity contribution in [3.63, 3.8) is 0 Å². The van der Waals surface area contributed by atoms with Gasteiger partial charge in [0.05, 0.1) is 6.10 Å². The molecular formula is C34H50O9. The Balaban J connectivity index is 1.39. The maximum absolute atomic E-state index is 13.3. The van der Waals surface area contributed by atoms with Crippen molar-refractivity contribution in [3.8, 4) is 11.5 Å². The molecule has 1 aliphatic carbocycles. The molecule has 4 rings (SSSR count). The van der Waals surface area contributed by atoms with Gasteiger partial charge in [0.2, 0.25) is 6.29 Å². The molecule has 1 aromatic rings. The lowest BCUT2D eigenvalue weighted by molar-refractivity contribution is -0.176. The summed E-state index contributed by atoms with van der Waals surface area (Å²) in [6, 6.07) is 4.25. The summed E-state index contributed by atoms with van der Waals surface area (Å²) in [6.07, 6.45) is 15.5. The van der Waals surface area contributed by atoms with Crippen LogP contribution in [0.15, 0.2) is 24.3 Å². The van der Waals surface area contributed by atoms with E-state index in [9.17, 15) is 19.8 Å². The molecule has 1 saturated carbocycles. The highest BCUT2D eigenvalue weighted by Crippen LogP contribution is 2.45. The van der Waals surface area contributed by atoms with Gasteiger partial charge in [-0.1, -0.05) is 84.1 Å². The highest BCUT2D eigenvalue weighted by molar-refractivity contribution is 5.87. The first kappa shape index (κ1) is 33.3. The lowest BCUT2D eigenvalue weighted by Gasteiger charge is -2.39. The van der Waals surface area contributed by atoms with Gasteiger partial charge in [-0.05, 0) is 43.0 Å². The zero-order valence-electron chi connectivity index (χ0n) is 25.8. The van der Waals surface area contributed by atoms with Crippen LogP contribution in [0.2, 0.25) is 0 Å². The Kier molecular flexibility index (Phi) is 12.7. The predicted molar refractivity (Wildman–Crippen MR) is 161 cm³/mol. The normalized spacial score (nSPS) is 28.4. The second-order valence-electron chi connectivity index (χ2n) is 12.2. The van der Waals surface area contributed by atoms with Gasteiger partial charge >= 0.3 is 11.9 Å². The van der Waals surface area contributed by atoms with Crippen LogP contribution >= 0.6 is 0 Å². The fraction of sp³-hybridized carbons (Fsp3) is 0.706. The Labute approximate surface area is 255 Å². The molecule has 240 valence electrons. The van der Waals surface area contributed by atoms with Crippen molar-refractivity contribution >= 4 is 18.0 Å². The standard InChI is InChI=1S/C34H50O9/c1-3-5-7-9-11-13-15-30-40-28-23-34(33(38)42-31(43-34)16-14-12-10-8-6-4-2)22-27(32(28)41-30)39-29(37)20-18-24-17-19-25(35)26(36)21-24/h17-21,27-28,30-32,35-36H,3-16,22-23H2,1-2H3/b20-18+/t27-,28-,30+,31+,32+,34?/m1/s1. The number of phenolic OH excluding ortho intramolecular Hbond substituents is 2. The first-order valence-electron chi connectivity index (χ1n) is 16.4. The minimum absolute atomic E-state index is 0.132. The van der Waals surface area contributed by atoms with Gasteiger partial charge in [0, 0.05) is 25.3 Å². The number of unbranched alkanes of at least 4 members (excludes halogenated alkanes) is 10. The van der Waals surface area contributed by atoms with E-state index < -0.39 is 48.4 Å². The Hall–Kier alpha value is -2.62. The molecule has 1 spiro atoms. The van der Waals surface area contributed by atoms with E-state index in [1.807, 2.05) is 0 Å². The third-order valence-electron chi connectivity index (χ3n) is 8.66. The number of fused-ring (bicyclic) bond motifs is 1. The number of ether oxygens (including phenoxy) is 5. The summed E-state index contributed by atoms with van der Waals surface area (Å²) in [5, 5.41) is 19.3. The fourth-order valence-corrected chi connectivity index (χ4v) is 6.26. The second-order valence-corrected chi connectivity index (χ2v) is 12.2. The quantitative estimate of drug-likeness (QED) is 0.0835. The highest BCUT2D eigenvalue weighted by atomic mass is 16.8. The van der Waals surface area contributed by atoms with Crippen molar-refractivity contribution in [2.45, 2.75) is 153 Å². The Morgan fingerprint density at radius 2 is 1.53 bits per heavy atom. The van der Waals surface area contributed by atoms with Gasteiger partial charge < -0.3 is 33.9 Å². The van der Waals surface area contributed by atoms with Crippen LogP contribution in [0.4, 0.5) is 0 Å². The predicted octanol–water partition coefficient (Wildman–Crippen LogP) is 7.07. The largest absolute Gasteiger partial charge is 0.504 e. The fourth-order valence-electron chi connectivity index (χ4n) is 6.26. The van der Waals surface area contributed by atoms with Crippen molar-refractivity contribution in [2.24, 2.45) is 0 Å². The summed E-state index contributed by atoms with van der Waals surface area (Å²) in [5.74, 6) is -1.58. The van der Waals surface area contributed by atoms with Crippen LogP contribution in [0, 0.1) is 0 Å². The molecule has 9 nitrogen and oxygen atoms in total. The van der Waals surface area contributed by atoms with E-state index in [4.69, 9.17) is 23.7 Å². The smallest absolute Gasteiger partial charge is 0.341 e. The van der Waals surface area contributed by atoms with Gasteiger partial charge in [-0.2, -0.15) is 0 Å². The van der Waals surface area contributed by atoms with E-state index in [0.717, 1.165) is 38.5 Å². The van der Waals surface area contributed by atoms with E-state index in [-0.39, 0.29) is 17.9 Å². The van der Waals surface area contributed by atoms with Crippen molar-refractivity contribution < 1.29 is 43.5 Å². The topological polar surface area (TPSA) is 121 Å². The molecule has 1 unspecified atom stereocenters. The van der Waals surface area contributed by atoms with Crippen LogP contribution in [0.3, 0.4) is 0 Å². The second kappa shape index (κ2) is 16.5. The van der Waals surface area contributed by atoms with E-state index >= 15 is 0 Å². The maximum Gasteiger partial charge on any atom is 0.341 e. The Morgan fingerprint density at radius 1 is 0.884 bits per heavy atom. The van der Waals surface area contributed by atoms with Crippen LogP contribution in [0.1, 0.15) is 122 Å². The van der Waals surface area contributed by atoms with Crippen LogP contribution in [-0.4, -0.2) is 58.6 Å². The van der Waals surface area contributed by atoms with Gasteiger partial charge in [0.1, 0.15) is 12.2 Å². The maximum atomic E-state index is 13.3.